The topological polar surface area (TPSA) is 76.7 Å². The van der Waals surface area contributed by atoms with Crippen molar-refractivity contribution in [3.05, 3.63) is 75.7 Å². The molecule has 2 N–H and O–H groups in total. The van der Waals surface area contributed by atoms with Crippen molar-refractivity contribution in [3.63, 3.8) is 0 Å². The van der Waals surface area contributed by atoms with Crippen molar-refractivity contribution in [3.8, 4) is 11.5 Å². The Morgan fingerprint density at radius 1 is 1.03 bits per heavy atom. The van der Waals surface area contributed by atoms with Crippen molar-refractivity contribution in [1.82, 2.24) is 5.32 Å². The van der Waals surface area contributed by atoms with E-state index in [9.17, 15) is 9.59 Å². The molecule has 0 saturated heterocycles. The van der Waals surface area contributed by atoms with Gasteiger partial charge in [-0.05, 0) is 49.2 Å². The van der Waals surface area contributed by atoms with Crippen LogP contribution in [0.4, 0.5) is 5.00 Å². The van der Waals surface area contributed by atoms with E-state index in [1.807, 2.05) is 19.9 Å². The Hall–Kier alpha value is -3.32. The zero-order chi connectivity index (χ0) is 20.5. The molecule has 0 radical (unpaired) electrons. The molecule has 1 atom stereocenters. The van der Waals surface area contributed by atoms with Crippen LogP contribution in [0, 0.1) is 13.8 Å². The predicted octanol–water partition coefficient (Wildman–Crippen LogP) is 4.45. The van der Waals surface area contributed by atoms with Gasteiger partial charge in [0.2, 0.25) is 0 Å². The highest BCUT2D eigenvalue weighted by Crippen LogP contribution is 2.38. The standard InChI is InChI=1S/C22H20N2O4S/c1-12-13(2)29-21-18(12)20(25)23-19(24-21)15-9-10-16(17(11-15)27-3)28-22(26)14-7-5-4-6-8-14/h4-11,19,24H,1-3H3,(H,23,25). The van der Waals surface area contributed by atoms with Gasteiger partial charge in [-0.2, -0.15) is 0 Å². The van der Waals surface area contributed by atoms with E-state index in [0.29, 0.717) is 22.6 Å². The number of methoxy groups -OCH3 is 1. The van der Waals surface area contributed by atoms with Gasteiger partial charge in [0.05, 0.1) is 18.2 Å². The number of hydrogen-bond donors (Lipinski definition) is 2. The highest BCUT2D eigenvalue weighted by molar-refractivity contribution is 7.16. The second kappa shape index (κ2) is 7.60. The minimum Gasteiger partial charge on any atom is -0.493 e. The van der Waals surface area contributed by atoms with Gasteiger partial charge in [-0.1, -0.05) is 24.3 Å². The first kappa shape index (κ1) is 19.0. The maximum Gasteiger partial charge on any atom is 0.343 e. The lowest BCUT2D eigenvalue weighted by molar-refractivity contribution is 0.0729. The molecular formula is C22H20N2O4S. The average Bonchev–Trinajstić information content (AvgIpc) is 3.02. The van der Waals surface area contributed by atoms with Gasteiger partial charge in [0.1, 0.15) is 11.2 Å². The molecule has 148 valence electrons. The molecule has 0 aliphatic carbocycles. The fraction of sp³-hybridized carbons (Fsp3) is 0.182. The maximum absolute atomic E-state index is 12.6. The number of aryl methyl sites for hydroxylation is 1. The van der Waals surface area contributed by atoms with E-state index in [1.165, 1.54) is 7.11 Å². The van der Waals surface area contributed by atoms with Crippen LogP contribution in [-0.2, 0) is 0 Å². The van der Waals surface area contributed by atoms with Gasteiger partial charge < -0.3 is 20.1 Å². The summed E-state index contributed by atoms with van der Waals surface area (Å²) in [6.45, 7) is 3.95. The van der Waals surface area contributed by atoms with Crippen molar-refractivity contribution in [2.45, 2.75) is 20.0 Å². The molecule has 2 aromatic carbocycles. The summed E-state index contributed by atoms with van der Waals surface area (Å²) in [6, 6.07) is 14.0. The zero-order valence-corrected chi connectivity index (χ0v) is 17.1. The lowest BCUT2D eigenvalue weighted by Gasteiger charge is -2.27. The summed E-state index contributed by atoms with van der Waals surface area (Å²) in [4.78, 5) is 26.0. The molecule has 29 heavy (non-hydrogen) atoms. The van der Waals surface area contributed by atoms with Gasteiger partial charge in [0.15, 0.2) is 11.5 Å². The monoisotopic (exact) mass is 408 g/mol. The Balaban J connectivity index is 1.58. The normalized spacial score (nSPS) is 15.1. The Kier molecular flexibility index (Phi) is 4.98. The largest absolute Gasteiger partial charge is 0.493 e. The third kappa shape index (κ3) is 3.56. The molecule has 0 saturated carbocycles. The highest BCUT2D eigenvalue weighted by Gasteiger charge is 2.29. The second-order valence-electron chi connectivity index (χ2n) is 6.70. The SMILES string of the molecule is COc1cc(C2NC(=O)c3c(sc(C)c3C)N2)ccc1OC(=O)c1ccccc1. The number of amides is 1. The molecule has 7 heteroatoms. The number of nitrogens with one attached hydrogen (secondary N) is 2. The van der Waals surface area contributed by atoms with Crippen LogP contribution in [0.5, 0.6) is 11.5 Å². The number of carbonyl (C=O) groups is 2. The third-order valence-electron chi connectivity index (χ3n) is 4.90. The van der Waals surface area contributed by atoms with Crippen LogP contribution in [0.3, 0.4) is 0 Å². The highest BCUT2D eigenvalue weighted by atomic mass is 32.1. The fourth-order valence-electron chi connectivity index (χ4n) is 3.22. The molecule has 0 spiro atoms. The van der Waals surface area contributed by atoms with Crippen LogP contribution < -0.4 is 20.1 Å². The van der Waals surface area contributed by atoms with Gasteiger partial charge in [0.25, 0.3) is 5.91 Å². The van der Waals surface area contributed by atoms with E-state index in [4.69, 9.17) is 9.47 Å². The van der Waals surface area contributed by atoms with Gasteiger partial charge in [0, 0.05) is 4.88 Å². The summed E-state index contributed by atoms with van der Waals surface area (Å²) in [7, 11) is 1.51. The Labute approximate surface area is 172 Å². The smallest absolute Gasteiger partial charge is 0.343 e. The fourth-order valence-corrected chi connectivity index (χ4v) is 4.31. The number of carbonyl (C=O) groups excluding carboxylic acids is 2. The third-order valence-corrected chi connectivity index (χ3v) is 6.03. The van der Waals surface area contributed by atoms with Crippen molar-refractivity contribution in [2.75, 3.05) is 12.4 Å². The molecule has 6 nitrogen and oxygen atoms in total. The van der Waals surface area contributed by atoms with Gasteiger partial charge >= 0.3 is 5.97 Å². The number of thiophene rings is 1. The first-order valence-electron chi connectivity index (χ1n) is 9.10. The first-order chi connectivity index (χ1) is 14.0. The zero-order valence-electron chi connectivity index (χ0n) is 16.2. The molecule has 1 aliphatic rings. The molecule has 0 fully saturated rings. The summed E-state index contributed by atoms with van der Waals surface area (Å²) >= 11 is 1.57. The number of anilines is 1. The van der Waals surface area contributed by atoms with Crippen LogP contribution in [0.15, 0.2) is 48.5 Å². The molecule has 3 aromatic rings. The average molecular weight is 408 g/mol. The van der Waals surface area contributed by atoms with E-state index in [1.54, 1.807) is 53.8 Å². The molecule has 2 heterocycles. The summed E-state index contributed by atoms with van der Waals surface area (Å²) in [5.41, 5.74) is 2.94. The second-order valence-corrected chi connectivity index (χ2v) is 7.93. The first-order valence-corrected chi connectivity index (χ1v) is 9.92. The number of esters is 1. The number of rotatable bonds is 4. The number of ether oxygens (including phenoxy) is 2. The van der Waals surface area contributed by atoms with Gasteiger partial charge in [-0.25, -0.2) is 4.79 Å². The summed E-state index contributed by atoms with van der Waals surface area (Å²) in [5, 5.41) is 7.19. The van der Waals surface area contributed by atoms with Crippen molar-refractivity contribution < 1.29 is 19.1 Å². The van der Waals surface area contributed by atoms with E-state index in [0.717, 1.165) is 21.0 Å². The maximum atomic E-state index is 12.6. The van der Waals surface area contributed by atoms with Gasteiger partial charge in [-0.3, -0.25) is 4.79 Å². The van der Waals surface area contributed by atoms with E-state index < -0.39 is 12.1 Å². The van der Waals surface area contributed by atoms with E-state index in [-0.39, 0.29) is 5.91 Å². The van der Waals surface area contributed by atoms with Crippen LogP contribution in [0.1, 0.15) is 42.9 Å². The molecule has 1 aliphatic heterocycles. The quantitative estimate of drug-likeness (QED) is 0.493. The van der Waals surface area contributed by atoms with Crippen LogP contribution in [0.25, 0.3) is 0 Å². The molecule has 1 amide bonds. The van der Waals surface area contributed by atoms with Gasteiger partial charge in [-0.15, -0.1) is 11.3 Å². The molecule has 4 rings (SSSR count). The lowest BCUT2D eigenvalue weighted by atomic mass is 10.1. The minimum atomic E-state index is -0.463. The van der Waals surface area contributed by atoms with Crippen molar-refractivity contribution in [1.29, 1.82) is 0 Å². The molecule has 1 aromatic heterocycles. The summed E-state index contributed by atoms with van der Waals surface area (Å²) in [5.74, 6) is 0.155. The lowest BCUT2D eigenvalue weighted by Crippen LogP contribution is -2.38. The van der Waals surface area contributed by atoms with E-state index >= 15 is 0 Å². The Morgan fingerprint density at radius 2 is 1.79 bits per heavy atom. The van der Waals surface area contributed by atoms with E-state index in [2.05, 4.69) is 10.6 Å². The Bertz CT molecular complexity index is 1090. The number of hydrogen-bond acceptors (Lipinski definition) is 6. The minimum absolute atomic E-state index is 0.107. The van der Waals surface area contributed by atoms with Crippen LogP contribution in [-0.4, -0.2) is 19.0 Å². The molecular weight excluding hydrogens is 388 g/mol. The van der Waals surface area contributed by atoms with Crippen molar-refractivity contribution in [2.24, 2.45) is 0 Å². The summed E-state index contributed by atoms with van der Waals surface area (Å²) in [6.07, 6.45) is -0.403. The predicted molar refractivity (Wildman–Crippen MR) is 112 cm³/mol. The molecule has 1 unspecified atom stereocenters. The van der Waals surface area contributed by atoms with Crippen LogP contribution in [0.2, 0.25) is 0 Å². The van der Waals surface area contributed by atoms with Crippen molar-refractivity contribution >= 4 is 28.2 Å². The van der Waals surface area contributed by atoms with Crippen LogP contribution >= 0.6 is 11.3 Å². The Morgan fingerprint density at radius 3 is 2.52 bits per heavy atom. The summed E-state index contributed by atoms with van der Waals surface area (Å²) < 4.78 is 10.9. The number of benzene rings is 2. The molecule has 0 bridgehead atoms. The number of fused-ring (bicyclic) bond motifs is 1.